The van der Waals surface area contributed by atoms with Crippen LogP contribution in [0.15, 0.2) is 30.3 Å². The summed E-state index contributed by atoms with van der Waals surface area (Å²) in [5.74, 6) is -0.891. The monoisotopic (exact) mass is 350 g/mol. The molecule has 0 radical (unpaired) electrons. The van der Waals surface area contributed by atoms with Crippen LogP contribution in [0, 0.1) is 12.7 Å². The third kappa shape index (κ3) is 4.55. The van der Waals surface area contributed by atoms with Crippen molar-refractivity contribution in [1.29, 1.82) is 0 Å². The molecule has 0 fully saturated rings. The highest BCUT2D eigenvalue weighted by Gasteiger charge is 2.17. The SMILES string of the molecule is CCc1sc(C(=O)NNC(=O)C(C)Oc2ccc(F)cc2)cc1C. The van der Waals surface area contributed by atoms with Crippen LogP contribution in [0.1, 0.15) is 34.0 Å². The Balaban J connectivity index is 1.87. The van der Waals surface area contributed by atoms with Gasteiger partial charge in [-0.1, -0.05) is 6.92 Å². The highest BCUT2D eigenvalue weighted by Crippen LogP contribution is 2.22. The molecule has 0 bridgehead atoms. The Hall–Kier alpha value is -2.41. The fourth-order valence-corrected chi connectivity index (χ4v) is 3.04. The van der Waals surface area contributed by atoms with Crippen LogP contribution in [-0.4, -0.2) is 17.9 Å². The fourth-order valence-electron chi connectivity index (χ4n) is 2.04. The van der Waals surface area contributed by atoms with Gasteiger partial charge in [-0.15, -0.1) is 11.3 Å². The van der Waals surface area contributed by atoms with E-state index in [1.54, 1.807) is 6.07 Å². The molecule has 24 heavy (non-hydrogen) atoms. The fraction of sp³-hybridized carbons (Fsp3) is 0.294. The van der Waals surface area contributed by atoms with E-state index in [2.05, 4.69) is 10.9 Å². The molecular weight excluding hydrogens is 331 g/mol. The summed E-state index contributed by atoms with van der Waals surface area (Å²) in [4.78, 5) is 25.7. The van der Waals surface area contributed by atoms with Gasteiger partial charge in [0.05, 0.1) is 4.88 Å². The van der Waals surface area contributed by atoms with E-state index in [0.29, 0.717) is 10.6 Å². The van der Waals surface area contributed by atoms with Crippen LogP contribution in [0.5, 0.6) is 5.75 Å². The number of hydrogen-bond donors (Lipinski definition) is 2. The molecule has 7 heteroatoms. The topological polar surface area (TPSA) is 67.4 Å². The molecular formula is C17H19FN2O3S. The maximum Gasteiger partial charge on any atom is 0.279 e. The molecule has 2 N–H and O–H groups in total. The van der Waals surface area contributed by atoms with Gasteiger partial charge in [-0.05, 0) is 56.2 Å². The molecule has 0 aliphatic rings. The highest BCUT2D eigenvalue weighted by atomic mass is 32.1. The molecule has 1 aromatic carbocycles. The lowest BCUT2D eigenvalue weighted by atomic mass is 10.2. The van der Waals surface area contributed by atoms with Gasteiger partial charge in [0.1, 0.15) is 11.6 Å². The minimum absolute atomic E-state index is 0.367. The lowest BCUT2D eigenvalue weighted by molar-refractivity contribution is -0.128. The second kappa shape index (κ2) is 7.92. The van der Waals surface area contributed by atoms with Gasteiger partial charge in [0.2, 0.25) is 0 Å². The first-order valence-corrected chi connectivity index (χ1v) is 8.34. The van der Waals surface area contributed by atoms with Crippen LogP contribution in [0.3, 0.4) is 0 Å². The maximum atomic E-state index is 12.8. The number of hydrazine groups is 1. The number of carbonyl (C=O) groups is 2. The lowest BCUT2D eigenvalue weighted by Gasteiger charge is -2.14. The van der Waals surface area contributed by atoms with Crippen LogP contribution in [-0.2, 0) is 11.2 Å². The molecule has 128 valence electrons. The molecule has 2 rings (SSSR count). The van der Waals surface area contributed by atoms with Crippen molar-refractivity contribution in [1.82, 2.24) is 10.9 Å². The summed E-state index contributed by atoms with van der Waals surface area (Å²) in [5.41, 5.74) is 5.76. The van der Waals surface area contributed by atoms with Crippen molar-refractivity contribution in [2.45, 2.75) is 33.3 Å². The standard InChI is InChI=1S/C17H19FN2O3S/c1-4-14-10(2)9-15(24-14)17(22)20-19-16(21)11(3)23-13-7-5-12(18)6-8-13/h5-9,11H,4H2,1-3H3,(H,19,21)(H,20,22). The maximum absolute atomic E-state index is 12.8. The van der Waals surface area contributed by atoms with Gasteiger partial charge in [-0.3, -0.25) is 20.4 Å². The summed E-state index contributed by atoms with van der Waals surface area (Å²) in [7, 11) is 0. The zero-order chi connectivity index (χ0) is 17.7. The normalized spacial score (nSPS) is 11.7. The molecule has 0 saturated carbocycles. The van der Waals surface area contributed by atoms with Gasteiger partial charge in [-0.2, -0.15) is 0 Å². The predicted molar refractivity (Wildman–Crippen MR) is 90.5 cm³/mol. The zero-order valence-electron chi connectivity index (χ0n) is 13.7. The van der Waals surface area contributed by atoms with Gasteiger partial charge in [0, 0.05) is 4.88 Å². The van der Waals surface area contributed by atoms with Gasteiger partial charge < -0.3 is 4.74 Å². The molecule has 1 unspecified atom stereocenters. The molecule has 1 aromatic heterocycles. The molecule has 1 heterocycles. The molecule has 5 nitrogen and oxygen atoms in total. The van der Waals surface area contributed by atoms with Crippen LogP contribution in [0.25, 0.3) is 0 Å². The van der Waals surface area contributed by atoms with Crippen molar-refractivity contribution < 1.29 is 18.7 Å². The predicted octanol–water partition coefficient (Wildman–Crippen LogP) is 2.99. The number of benzene rings is 1. The lowest BCUT2D eigenvalue weighted by Crippen LogP contribution is -2.47. The van der Waals surface area contributed by atoms with Gasteiger partial charge >= 0.3 is 0 Å². The number of hydrogen-bond acceptors (Lipinski definition) is 4. The summed E-state index contributed by atoms with van der Waals surface area (Å²) in [5, 5.41) is 0. The Kier molecular flexibility index (Phi) is 5.92. The van der Waals surface area contributed by atoms with Crippen molar-refractivity contribution >= 4 is 23.2 Å². The Bertz CT molecular complexity index is 728. The number of amides is 2. The average molecular weight is 350 g/mol. The van der Waals surface area contributed by atoms with Gasteiger partial charge in [-0.25, -0.2) is 4.39 Å². The molecule has 0 saturated heterocycles. The smallest absolute Gasteiger partial charge is 0.279 e. The van der Waals surface area contributed by atoms with Crippen molar-refractivity contribution in [3.05, 3.63) is 51.5 Å². The minimum Gasteiger partial charge on any atom is -0.481 e. The first kappa shape index (κ1) is 17.9. The molecule has 0 spiro atoms. The molecule has 1 atom stereocenters. The summed E-state index contributed by atoms with van der Waals surface area (Å²) in [6.07, 6.45) is 0.0191. The van der Waals surface area contributed by atoms with Crippen molar-refractivity contribution in [3.63, 3.8) is 0 Å². The highest BCUT2D eigenvalue weighted by molar-refractivity contribution is 7.14. The van der Waals surface area contributed by atoms with Crippen LogP contribution in [0.2, 0.25) is 0 Å². The van der Waals surface area contributed by atoms with E-state index < -0.39 is 12.0 Å². The van der Waals surface area contributed by atoms with Crippen LogP contribution < -0.4 is 15.6 Å². The van der Waals surface area contributed by atoms with Crippen molar-refractivity contribution in [2.24, 2.45) is 0 Å². The second-order valence-electron chi connectivity index (χ2n) is 5.23. The van der Waals surface area contributed by atoms with E-state index in [4.69, 9.17) is 4.74 Å². The van der Waals surface area contributed by atoms with Crippen LogP contribution >= 0.6 is 11.3 Å². The Morgan fingerprint density at radius 2 is 1.92 bits per heavy atom. The number of nitrogens with one attached hydrogen (secondary N) is 2. The molecule has 0 aliphatic heterocycles. The summed E-state index contributed by atoms with van der Waals surface area (Å²) in [6, 6.07) is 7.14. The number of thiophene rings is 1. The minimum atomic E-state index is -0.841. The number of aryl methyl sites for hydroxylation is 2. The van der Waals surface area contributed by atoms with Gasteiger partial charge in [0.25, 0.3) is 11.8 Å². The number of rotatable bonds is 5. The summed E-state index contributed by atoms with van der Waals surface area (Å²) < 4.78 is 18.2. The first-order valence-electron chi connectivity index (χ1n) is 7.52. The van der Waals surface area contributed by atoms with Gasteiger partial charge in [0.15, 0.2) is 6.10 Å². The van der Waals surface area contributed by atoms with E-state index in [-0.39, 0.29) is 11.7 Å². The largest absolute Gasteiger partial charge is 0.481 e. The second-order valence-corrected chi connectivity index (χ2v) is 6.36. The Morgan fingerprint density at radius 3 is 2.50 bits per heavy atom. The van der Waals surface area contributed by atoms with E-state index in [1.807, 2.05) is 13.8 Å². The van der Waals surface area contributed by atoms with E-state index in [1.165, 1.54) is 42.5 Å². The average Bonchev–Trinajstić information content (AvgIpc) is 2.95. The number of halogens is 1. The third-order valence-electron chi connectivity index (χ3n) is 3.36. The first-order chi connectivity index (χ1) is 11.4. The molecule has 2 amide bonds. The quantitative estimate of drug-likeness (QED) is 0.815. The van der Waals surface area contributed by atoms with Crippen LogP contribution in [0.4, 0.5) is 4.39 Å². The number of carbonyl (C=O) groups excluding carboxylic acids is 2. The molecule has 0 aliphatic carbocycles. The van der Waals surface area contributed by atoms with Crippen molar-refractivity contribution in [3.8, 4) is 5.75 Å². The number of ether oxygens (including phenoxy) is 1. The summed E-state index contributed by atoms with van der Waals surface area (Å²) in [6.45, 7) is 5.51. The zero-order valence-corrected chi connectivity index (χ0v) is 14.5. The third-order valence-corrected chi connectivity index (χ3v) is 4.74. The Labute approximate surface area is 143 Å². The summed E-state index contributed by atoms with van der Waals surface area (Å²) >= 11 is 1.40. The van der Waals surface area contributed by atoms with Crippen molar-refractivity contribution in [2.75, 3.05) is 0 Å². The van der Waals surface area contributed by atoms with E-state index >= 15 is 0 Å². The molecule has 2 aromatic rings. The van der Waals surface area contributed by atoms with E-state index in [9.17, 15) is 14.0 Å². The Morgan fingerprint density at radius 1 is 1.25 bits per heavy atom. The van der Waals surface area contributed by atoms with E-state index in [0.717, 1.165) is 16.9 Å².